The van der Waals surface area contributed by atoms with Crippen molar-refractivity contribution >= 4 is 51.5 Å². The number of imidazole rings is 1. The van der Waals surface area contributed by atoms with Gasteiger partial charge < -0.3 is 24.9 Å². The van der Waals surface area contributed by atoms with Crippen LogP contribution in [0.4, 0.5) is 5.69 Å². The molecule has 0 spiro atoms. The fourth-order valence-electron chi connectivity index (χ4n) is 8.19. The van der Waals surface area contributed by atoms with E-state index in [4.69, 9.17) is 9.72 Å². The molecule has 0 radical (unpaired) electrons. The normalized spacial score (nSPS) is 17.6. The van der Waals surface area contributed by atoms with Crippen molar-refractivity contribution in [1.82, 2.24) is 19.9 Å². The van der Waals surface area contributed by atoms with E-state index in [0.717, 1.165) is 88.8 Å². The van der Waals surface area contributed by atoms with Gasteiger partial charge in [-0.05, 0) is 79.1 Å². The lowest BCUT2D eigenvalue weighted by Gasteiger charge is -2.28. The van der Waals surface area contributed by atoms with Gasteiger partial charge in [-0.2, -0.15) is 0 Å². The number of carbonyl (C=O) groups excluding carboxylic acids is 3. The van der Waals surface area contributed by atoms with Crippen LogP contribution in [0.1, 0.15) is 91.0 Å². The highest BCUT2D eigenvalue weighted by molar-refractivity contribution is 6.05. The first-order chi connectivity index (χ1) is 23.4. The Morgan fingerprint density at radius 3 is 2.62 bits per heavy atom. The predicted molar refractivity (Wildman–Crippen MR) is 187 cm³/mol. The van der Waals surface area contributed by atoms with Crippen LogP contribution >= 0.6 is 0 Å². The Bertz CT molecular complexity index is 2110. The molecule has 2 aliphatic carbocycles. The van der Waals surface area contributed by atoms with Crippen molar-refractivity contribution in [2.24, 2.45) is 0 Å². The molecule has 0 saturated heterocycles. The third-order valence-electron chi connectivity index (χ3n) is 10.5. The summed E-state index contributed by atoms with van der Waals surface area (Å²) < 4.78 is 6.85. The molecule has 3 aromatic carbocycles. The number of esters is 1. The molecule has 244 valence electrons. The highest BCUT2D eigenvalue weighted by Gasteiger charge is 2.40. The van der Waals surface area contributed by atoms with E-state index in [9.17, 15) is 14.4 Å². The Morgan fingerprint density at radius 1 is 1.00 bits per heavy atom. The van der Waals surface area contributed by atoms with Gasteiger partial charge in [-0.15, -0.1) is 0 Å². The summed E-state index contributed by atoms with van der Waals surface area (Å²) in [6, 6.07) is 19.8. The summed E-state index contributed by atoms with van der Waals surface area (Å²) in [5.41, 5.74) is 7.59. The summed E-state index contributed by atoms with van der Waals surface area (Å²) in [5.74, 6) is 0.504. The number of nitrogens with zero attached hydrogens (tertiary/aromatic N) is 2. The lowest BCUT2D eigenvalue weighted by molar-refractivity contribution is -0.134. The van der Waals surface area contributed by atoms with Crippen LogP contribution in [0.5, 0.6) is 0 Å². The van der Waals surface area contributed by atoms with Gasteiger partial charge in [0.25, 0.3) is 5.91 Å². The number of aromatic amines is 1. The number of methoxy groups -OCH3 is 1. The van der Waals surface area contributed by atoms with E-state index in [2.05, 4.69) is 32.3 Å². The SMILES string of the molecule is COC(=O)C=Cc1ccc2nc(C3(NC(=O)c4ccc5c(C6CCCCC6)c6n(c5c4)CC(=O)Nc4ccccc4-6)CCCC3)[nH]c2c1. The summed E-state index contributed by atoms with van der Waals surface area (Å²) in [5, 5.41) is 7.65. The number of H-pyrrole nitrogens is 1. The molecule has 3 aliphatic rings. The smallest absolute Gasteiger partial charge is 0.330 e. The number of hydrogen-bond acceptors (Lipinski definition) is 5. The van der Waals surface area contributed by atoms with Crippen LogP contribution in [0.2, 0.25) is 0 Å². The first-order valence-corrected chi connectivity index (χ1v) is 17.1. The highest BCUT2D eigenvalue weighted by atomic mass is 16.5. The van der Waals surface area contributed by atoms with Crippen molar-refractivity contribution in [1.29, 1.82) is 0 Å². The number of ether oxygens (including phenoxy) is 1. The van der Waals surface area contributed by atoms with Gasteiger partial charge >= 0.3 is 5.97 Å². The maximum absolute atomic E-state index is 14.2. The predicted octanol–water partition coefficient (Wildman–Crippen LogP) is 7.57. The fraction of sp³-hybridized carbons (Fsp3) is 0.333. The van der Waals surface area contributed by atoms with Crippen LogP contribution in [0.25, 0.3) is 39.3 Å². The van der Waals surface area contributed by atoms with Crippen molar-refractivity contribution in [2.75, 3.05) is 12.4 Å². The Balaban J connectivity index is 1.17. The van der Waals surface area contributed by atoms with Crippen molar-refractivity contribution in [2.45, 2.75) is 75.8 Å². The quantitative estimate of drug-likeness (QED) is 0.131. The summed E-state index contributed by atoms with van der Waals surface area (Å²) >= 11 is 0. The van der Waals surface area contributed by atoms with E-state index in [1.807, 2.05) is 48.5 Å². The second kappa shape index (κ2) is 12.1. The van der Waals surface area contributed by atoms with Crippen molar-refractivity contribution in [3.05, 3.63) is 89.3 Å². The molecular formula is C39H39N5O4. The van der Waals surface area contributed by atoms with Crippen LogP contribution in [-0.2, 0) is 26.4 Å². The molecule has 3 N–H and O–H groups in total. The monoisotopic (exact) mass is 641 g/mol. The van der Waals surface area contributed by atoms with E-state index in [1.54, 1.807) is 6.08 Å². The Labute approximate surface area is 278 Å². The Morgan fingerprint density at radius 2 is 1.81 bits per heavy atom. The van der Waals surface area contributed by atoms with E-state index >= 15 is 0 Å². The molecule has 9 nitrogen and oxygen atoms in total. The summed E-state index contributed by atoms with van der Waals surface area (Å²) in [7, 11) is 1.35. The van der Waals surface area contributed by atoms with Gasteiger partial charge in [0.1, 0.15) is 12.4 Å². The molecule has 2 fully saturated rings. The zero-order valence-electron chi connectivity index (χ0n) is 27.1. The average molecular weight is 642 g/mol. The number of fused-ring (bicyclic) bond motifs is 6. The van der Waals surface area contributed by atoms with Crippen molar-refractivity contribution in [3.63, 3.8) is 0 Å². The minimum absolute atomic E-state index is 0.0677. The molecule has 2 saturated carbocycles. The average Bonchev–Trinajstić information content (AvgIpc) is 3.82. The molecule has 3 heterocycles. The number of rotatable bonds is 6. The first-order valence-electron chi connectivity index (χ1n) is 17.1. The molecule has 48 heavy (non-hydrogen) atoms. The number of nitrogens with one attached hydrogen (secondary N) is 3. The van der Waals surface area contributed by atoms with Gasteiger partial charge in [0.05, 0.1) is 40.6 Å². The number of carbonyl (C=O) groups is 3. The van der Waals surface area contributed by atoms with E-state index in [0.29, 0.717) is 11.5 Å². The number of para-hydroxylation sites is 1. The van der Waals surface area contributed by atoms with Gasteiger partial charge in [-0.25, -0.2) is 9.78 Å². The number of benzene rings is 3. The van der Waals surface area contributed by atoms with Crippen LogP contribution in [0.15, 0.2) is 66.7 Å². The number of hydrogen-bond donors (Lipinski definition) is 3. The molecular weight excluding hydrogens is 602 g/mol. The maximum atomic E-state index is 14.2. The summed E-state index contributed by atoms with van der Waals surface area (Å²) in [6.07, 6.45) is 12.5. The summed E-state index contributed by atoms with van der Waals surface area (Å²) in [4.78, 5) is 47.4. The van der Waals surface area contributed by atoms with Crippen molar-refractivity contribution < 1.29 is 19.1 Å². The lowest BCUT2D eigenvalue weighted by atomic mass is 9.81. The summed E-state index contributed by atoms with van der Waals surface area (Å²) in [6.45, 7) is 0.192. The Hall–Kier alpha value is -5.18. The third kappa shape index (κ3) is 5.27. The van der Waals surface area contributed by atoms with Gasteiger partial charge in [0.15, 0.2) is 0 Å². The minimum Gasteiger partial charge on any atom is -0.466 e. The Kier molecular flexibility index (Phi) is 7.62. The molecule has 2 amide bonds. The first kappa shape index (κ1) is 30.2. The second-order valence-electron chi connectivity index (χ2n) is 13.5. The molecule has 2 aromatic heterocycles. The van der Waals surface area contributed by atoms with Crippen LogP contribution < -0.4 is 10.6 Å². The maximum Gasteiger partial charge on any atom is 0.330 e. The number of aromatic nitrogens is 3. The van der Waals surface area contributed by atoms with Gasteiger partial charge in [0, 0.05) is 22.6 Å². The topological polar surface area (TPSA) is 118 Å². The fourth-order valence-corrected chi connectivity index (χ4v) is 8.19. The third-order valence-corrected chi connectivity index (χ3v) is 10.5. The van der Waals surface area contributed by atoms with E-state index in [1.165, 1.54) is 38.0 Å². The molecule has 0 bridgehead atoms. The molecule has 5 aromatic rings. The minimum atomic E-state index is -0.630. The zero-order valence-corrected chi connectivity index (χ0v) is 27.1. The van der Waals surface area contributed by atoms with Gasteiger partial charge in [-0.1, -0.05) is 62.4 Å². The molecule has 0 unspecified atom stereocenters. The van der Waals surface area contributed by atoms with Crippen LogP contribution in [0.3, 0.4) is 0 Å². The van der Waals surface area contributed by atoms with Crippen LogP contribution in [-0.4, -0.2) is 39.4 Å². The molecule has 0 atom stereocenters. The largest absolute Gasteiger partial charge is 0.466 e. The lowest BCUT2D eigenvalue weighted by Crippen LogP contribution is -2.44. The molecule has 9 heteroatoms. The standard InChI is InChI=1S/C39H39N5O4/c1-48-34(46)18-14-24-13-17-30-31(21-24)42-38(41-30)39(19-7-8-20-39)43-37(47)26-15-16-28-32(22-26)44-23-33(45)40-29-12-6-5-11-27(29)36(44)35(28)25-9-3-2-4-10-25/h5-6,11-18,21-22,25H,2-4,7-10,19-20,23H2,1H3,(H,40,45)(H,41,42)(H,43,47). The molecule has 1 aliphatic heterocycles. The zero-order chi connectivity index (χ0) is 32.8. The van der Waals surface area contributed by atoms with Gasteiger partial charge in [-0.3, -0.25) is 9.59 Å². The number of anilines is 1. The van der Waals surface area contributed by atoms with Crippen LogP contribution in [0, 0.1) is 0 Å². The van der Waals surface area contributed by atoms with Crippen molar-refractivity contribution in [3.8, 4) is 11.3 Å². The van der Waals surface area contributed by atoms with E-state index in [-0.39, 0.29) is 18.4 Å². The highest BCUT2D eigenvalue weighted by Crippen LogP contribution is 2.47. The second-order valence-corrected chi connectivity index (χ2v) is 13.5. The number of amides is 2. The van der Waals surface area contributed by atoms with E-state index < -0.39 is 11.5 Å². The molecule has 8 rings (SSSR count). The van der Waals surface area contributed by atoms with Gasteiger partial charge in [0.2, 0.25) is 5.91 Å².